The zero-order valence-electron chi connectivity index (χ0n) is 2.32. The molecule has 0 bridgehead atoms. The first kappa shape index (κ1) is 27.8. The normalized spacial score (nSPS) is 1.00. The first-order chi connectivity index (χ1) is 1.00. The molecule has 27 valence electrons. The van der Waals surface area contributed by atoms with Gasteiger partial charge < -0.3 is 12.2 Å². The van der Waals surface area contributed by atoms with Crippen molar-refractivity contribution in [2.75, 3.05) is 0 Å². The molecule has 0 fully saturated rings. The van der Waals surface area contributed by atoms with E-state index in [-0.39, 0.29) is 26.9 Å². The van der Waals surface area contributed by atoms with E-state index in [0.717, 1.165) is 0 Å². The van der Waals surface area contributed by atoms with Gasteiger partial charge in [-0.2, -0.15) is 0 Å². The topological polar surface area (TPSA) is 17.1 Å². The van der Waals surface area contributed by atoms with Crippen LogP contribution in [0.15, 0.2) is 0 Å². The van der Waals surface area contributed by atoms with Crippen molar-refractivity contribution in [2.24, 2.45) is 0 Å². The van der Waals surface area contributed by atoms with Gasteiger partial charge in [0.1, 0.15) is 0 Å². The number of hydrogen-bond donors (Lipinski definition) is 0. The summed E-state index contributed by atoms with van der Waals surface area (Å²) in [6, 6.07) is 0. The largest absolute Gasteiger partial charge is 2.00 e. The first-order valence-corrected chi connectivity index (χ1v) is 0.236. The van der Waals surface area contributed by atoms with Gasteiger partial charge in [0.05, 0.1) is 0 Å². The van der Waals surface area contributed by atoms with E-state index in [1.807, 2.05) is 0 Å². The molecule has 0 rings (SSSR count). The predicted octanol–water partition coefficient (Wildman–Crippen LogP) is 0.174. The second-order valence-electron chi connectivity index (χ2n) is 0. The predicted molar refractivity (Wildman–Crippen MR) is 13.2 cm³/mol. The standard InChI is InChI=1S/CHO.CH3.Rh/c1-2;;/h1H;1H3;/q2*-1;+2. The van der Waals surface area contributed by atoms with Gasteiger partial charge in [-0.25, -0.2) is 0 Å². The molecule has 0 saturated carbocycles. The maximum atomic E-state index is 7.75. The number of hydrogen-bond acceptors (Lipinski definition) is 1. The van der Waals surface area contributed by atoms with Crippen molar-refractivity contribution in [1.82, 2.24) is 0 Å². The van der Waals surface area contributed by atoms with E-state index in [1.54, 1.807) is 0 Å². The Hall–Kier alpha value is 0.293. The van der Waals surface area contributed by atoms with Crippen molar-refractivity contribution >= 4 is 6.79 Å². The van der Waals surface area contributed by atoms with E-state index >= 15 is 0 Å². The average Bonchev–Trinajstić information content (AvgIpc) is 1.00. The fourth-order valence-electron chi connectivity index (χ4n) is 0. The van der Waals surface area contributed by atoms with Crippen molar-refractivity contribution in [3.05, 3.63) is 7.43 Å². The van der Waals surface area contributed by atoms with Crippen molar-refractivity contribution < 1.29 is 24.3 Å². The molecule has 0 aromatic rings. The van der Waals surface area contributed by atoms with E-state index in [0.29, 0.717) is 0 Å². The van der Waals surface area contributed by atoms with E-state index in [9.17, 15) is 0 Å². The zero-order valence-corrected chi connectivity index (χ0v) is 3.96. The van der Waals surface area contributed by atoms with Gasteiger partial charge in [0.2, 0.25) is 0 Å². The Labute approximate surface area is 39.2 Å². The van der Waals surface area contributed by atoms with Crippen LogP contribution in [0.2, 0.25) is 0 Å². The van der Waals surface area contributed by atoms with Gasteiger partial charge in [0.15, 0.2) is 0 Å². The van der Waals surface area contributed by atoms with Crippen LogP contribution in [0.3, 0.4) is 0 Å². The van der Waals surface area contributed by atoms with Gasteiger partial charge in [-0.1, -0.05) is 0 Å². The van der Waals surface area contributed by atoms with E-state index in [1.165, 1.54) is 0 Å². The van der Waals surface area contributed by atoms with E-state index < -0.39 is 0 Å². The van der Waals surface area contributed by atoms with Crippen molar-refractivity contribution in [3.8, 4) is 0 Å². The second-order valence-corrected chi connectivity index (χ2v) is 0. The Morgan fingerprint density at radius 1 is 1.25 bits per heavy atom. The molecule has 0 amide bonds. The fraction of sp³-hybridized carbons (Fsp3) is 0. The van der Waals surface area contributed by atoms with Crippen LogP contribution < -0.4 is 0 Å². The molecule has 0 atom stereocenters. The fourth-order valence-corrected chi connectivity index (χ4v) is 0. The van der Waals surface area contributed by atoms with Gasteiger partial charge in [0, 0.05) is 0 Å². The summed E-state index contributed by atoms with van der Waals surface area (Å²) < 4.78 is 0. The molecule has 0 spiro atoms. The minimum atomic E-state index is 0. The number of rotatable bonds is 0. The second kappa shape index (κ2) is 201. The SMILES string of the molecule is [CH-]=O.[CH3-].[Rh+2]. The third kappa shape index (κ3) is 44.6. The molecule has 0 N–H and O–H groups in total. The van der Waals surface area contributed by atoms with Crippen LogP contribution in [0.5, 0.6) is 0 Å². The molecule has 0 aliphatic heterocycles. The van der Waals surface area contributed by atoms with Crippen LogP contribution in [-0.2, 0) is 24.3 Å². The molecule has 0 heterocycles. The summed E-state index contributed by atoms with van der Waals surface area (Å²) in [5.74, 6) is 0. The molecule has 1 nitrogen and oxygen atoms in total. The summed E-state index contributed by atoms with van der Waals surface area (Å²) in [4.78, 5) is 7.75. The third-order valence-electron chi connectivity index (χ3n) is 0. The van der Waals surface area contributed by atoms with Crippen LogP contribution in [0.4, 0.5) is 0 Å². The third-order valence-corrected chi connectivity index (χ3v) is 0. The Kier molecular flexibility index (Phi) is 1400. The summed E-state index contributed by atoms with van der Waals surface area (Å²) in [6.45, 7) is 3.25. The molecule has 0 unspecified atom stereocenters. The van der Waals surface area contributed by atoms with Gasteiger partial charge >= 0.3 is 19.5 Å². The first-order valence-electron chi connectivity index (χ1n) is 0.236. The van der Waals surface area contributed by atoms with Crippen LogP contribution in [0, 0.1) is 7.43 Å². The Balaban J connectivity index is -0.00000000500. The van der Waals surface area contributed by atoms with Crippen molar-refractivity contribution in [1.29, 1.82) is 0 Å². The Bertz CT molecular complexity index is 6.00. The molecule has 0 aliphatic carbocycles. The summed E-state index contributed by atoms with van der Waals surface area (Å²) >= 11 is 0. The molecule has 4 heavy (non-hydrogen) atoms. The molecule has 0 aliphatic rings. The molecule has 0 aromatic heterocycles. The van der Waals surface area contributed by atoms with Crippen molar-refractivity contribution in [3.63, 3.8) is 0 Å². The summed E-state index contributed by atoms with van der Waals surface area (Å²) in [7, 11) is 0. The molecular weight excluding hydrogens is 143 g/mol. The minimum Gasteiger partial charge on any atom is -0.545 e. The van der Waals surface area contributed by atoms with Crippen LogP contribution in [-0.4, -0.2) is 6.79 Å². The van der Waals surface area contributed by atoms with E-state index in [2.05, 4.69) is 6.79 Å². The molecular formula is C2H4ORh. The van der Waals surface area contributed by atoms with Gasteiger partial charge in [-0.15, -0.1) is 0 Å². The molecule has 2 heteroatoms. The van der Waals surface area contributed by atoms with Gasteiger partial charge in [-0.3, -0.25) is 6.79 Å². The molecule has 0 saturated heterocycles. The molecule has 1 radical (unpaired) electrons. The summed E-state index contributed by atoms with van der Waals surface area (Å²) in [5.41, 5.74) is 0. The van der Waals surface area contributed by atoms with Gasteiger partial charge in [0.25, 0.3) is 0 Å². The summed E-state index contributed by atoms with van der Waals surface area (Å²) in [5, 5.41) is 0. The quantitative estimate of drug-likeness (QED) is 0.271. The molecule has 0 aromatic carbocycles. The maximum Gasteiger partial charge on any atom is 2.00 e. The van der Waals surface area contributed by atoms with Crippen LogP contribution in [0.25, 0.3) is 0 Å². The zero-order chi connectivity index (χ0) is 2.00. The number of carbonyl (C=O) groups excluding carboxylic acids is 1. The van der Waals surface area contributed by atoms with Crippen LogP contribution >= 0.6 is 0 Å². The maximum absolute atomic E-state index is 7.75. The average molecular weight is 147 g/mol. The monoisotopic (exact) mass is 147 g/mol. The Morgan fingerprint density at radius 3 is 1.25 bits per heavy atom. The van der Waals surface area contributed by atoms with Gasteiger partial charge in [-0.05, 0) is 0 Å². The summed E-state index contributed by atoms with van der Waals surface area (Å²) in [6.07, 6.45) is 0. The Morgan fingerprint density at radius 2 is 1.25 bits per heavy atom. The van der Waals surface area contributed by atoms with Crippen molar-refractivity contribution in [2.45, 2.75) is 0 Å². The smallest absolute Gasteiger partial charge is 0.545 e. The van der Waals surface area contributed by atoms with Crippen LogP contribution in [0.1, 0.15) is 0 Å². The van der Waals surface area contributed by atoms with E-state index in [4.69, 9.17) is 4.79 Å². The minimum absolute atomic E-state index is 0.